The van der Waals surface area contributed by atoms with E-state index >= 15 is 0 Å². The summed E-state index contributed by atoms with van der Waals surface area (Å²) in [5.41, 5.74) is 3.74. The summed E-state index contributed by atoms with van der Waals surface area (Å²) >= 11 is 13.3. The van der Waals surface area contributed by atoms with Crippen LogP contribution in [-0.4, -0.2) is 79.5 Å². The summed E-state index contributed by atoms with van der Waals surface area (Å²) in [6, 6.07) is 16.7. The zero-order valence-corrected chi connectivity index (χ0v) is 31.9. The minimum Gasteiger partial charge on any atom is -0.487 e. The van der Waals surface area contributed by atoms with Crippen molar-refractivity contribution in [3.63, 3.8) is 0 Å². The van der Waals surface area contributed by atoms with E-state index in [1.807, 2.05) is 32.0 Å². The number of rotatable bonds is 12. The number of carbonyl (C=O) groups excluding carboxylic acids is 2. The van der Waals surface area contributed by atoms with E-state index in [9.17, 15) is 18.0 Å². The van der Waals surface area contributed by atoms with Gasteiger partial charge in [0.15, 0.2) is 6.61 Å². The quantitative estimate of drug-likeness (QED) is 0.107. The van der Waals surface area contributed by atoms with Gasteiger partial charge in [0.05, 0.1) is 11.2 Å². The fourth-order valence-corrected chi connectivity index (χ4v) is 9.39. The third-order valence-electron chi connectivity index (χ3n) is 9.75. The Hall–Kier alpha value is -4.43. The lowest BCUT2D eigenvalue weighted by atomic mass is 9.96. The van der Waals surface area contributed by atoms with Crippen LogP contribution >= 0.6 is 23.2 Å². The summed E-state index contributed by atoms with van der Waals surface area (Å²) < 4.78 is 41.1. The maximum absolute atomic E-state index is 14.1. The Balaban J connectivity index is 1.04. The van der Waals surface area contributed by atoms with Crippen LogP contribution in [0.25, 0.3) is 10.9 Å². The zero-order valence-electron chi connectivity index (χ0n) is 29.6. The largest absolute Gasteiger partial charge is 0.487 e. The average Bonchev–Trinajstić information content (AvgIpc) is 3.65. The first-order chi connectivity index (χ1) is 25.5. The molecule has 15 heteroatoms. The van der Waals surface area contributed by atoms with E-state index in [-0.39, 0.29) is 52.4 Å². The number of nitrogens with one attached hydrogen (secondary N) is 1. The van der Waals surface area contributed by atoms with Gasteiger partial charge in [-0.1, -0.05) is 35.3 Å². The predicted octanol–water partition coefficient (Wildman–Crippen LogP) is 5.62. The molecule has 2 saturated heterocycles. The van der Waals surface area contributed by atoms with Gasteiger partial charge >= 0.3 is 0 Å². The Morgan fingerprint density at radius 1 is 1.02 bits per heavy atom. The van der Waals surface area contributed by atoms with Crippen LogP contribution in [-0.2, 0) is 26.2 Å². The highest BCUT2D eigenvalue weighted by Crippen LogP contribution is 2.37. The van der Waals surface area contributed by atoms with E-state index < -0.39 is 16.1 Å². The molecule has 2 amide bonds. The molecule has 3 heterocycles. The van der Waals surface area contributed by atoms with Crippen molar-refractivity contribution in [2.45, 2.75) is 57.1 Å². The predicted molar refractivity (Wildman–Crippen MR) is 205 cm³/mol. The van der Waals surface area contributed by atoms with Crippen molar-refractivity contribution >= 4 is 62.2 Å². The van der Waals surface area contributed by atoms with Crippen molar-refractivity contribution in [3.05, 3.63) is 93.1 Å². The first-order valence-corrected chi connectivity index (χ1v) is 19.7. The zero-order chi connectivity index (χ0) is 37.7. The molecule has 0 aliphatic carbocycles. The number of likely N-dealkylation sites (tertiary alicyclic amines) is 1. The maximum Gasteiger partial charge on any atom is 0.260 e. The van der Waals surface area contributed by atoms with Crippen LogP contribution in [0.3, 0.4) is 0 Å². The number of hydrogen-bond donors (Lipinski definition) is 2. The molecule has 1 atom stereocenters. The molecule has 280 valence electrons. The number of ether oxygens (including phenoxy) is 2. The highest BCUT2D eigenvalue weighted by atomic mass is 35.5. The molecule has 12 nitrogen and oxygen atoms in total. The minimum atomic E-state index is -4.17. The van der Waals surface area contributed by atoms with Crippen LogP contribution in [0.5, 0.6) is 11.5 Å². The van der Waals surface area contributed by atoms with Gasteiger partial charge in [-0.05, 0) is 105 Å². The highest BCUT2D eigenvalue weighted by Gasteiger charge is 2.41. The second kappa shape index (κ2) is 16.7. The number of piperidine rings is 1. The molecule has 2 aliphatic heterocycles. The Morgan fingerprint density at radius 3 is 2.51 bits per heavy atom. The number of benzene rings is 3. The summed E-state index contributed by atoms with van der Waals surface area (Å²) in [4.78, 5) is 32.5. The minimum absolute atomic E-state index is 0.0498. The number of halogens is 2. The van der Waals surface area contributed by atoms with Gasteiger partial charge < -0.3 is 25.5 Å². The molecule has 4 aromatic rings. The summed E-state index contributed by atoms with van der Waals surface area (Å²) in [6.07, 6.45) is 3.83. The van der Waals surface area contributed by atoms with Gasteiger partial charge in [-0.25, -0.2) is 13.4 Å². The number of amides is 2. The van der Waals surface area contributed by atoms with Crippen LogP contribution in [0.2, 0.25) is 10.0 Å². The van der Waals surface area contributed by atoms with Gasteiger partial charge in [-0.3, -0.25) is 9.59 Å². The molecule has 2 fully saturated rings. The van der Waals surface area contributed by atoms with Gasteiger partial charge in [0.2, 0.25) is 15.9 Å². The van der Waals surface area contributed by atoms with Crippen molar-refractivity contribution in [1.82, 2.24) is 19.5 Å². The van der Waals surface area contributed by atoms with E-state index in [0.29, 0.717) is 67.9 Å². The van der Waals surface area contributed by atoms with Gasteiger partial charge in [0, 0.05) is 47.8 Å². The molecule has 2 aliphatic rings. The normalized spacial score (nSPS) is 17.1. The fourth-order valence-electron chi connectivity index (χ4n) is 6.87. The Kier molecular flexibility index (Phi) is 12.1. The first-order valence-electron chi connectivity index (χ1n) is 17.5. The number of sulfonamides is 1. The van der Waals surface area contributed by atoms with E-state index in [0.717, 1.165) is 22.2 Å². The van der Waals surface area contributed by atoms with E-state index in [1.54, 1.807) is 35.2 Å². The molecule has 6 rings (SSSR count). The molecule has 0 spiro atoms. The third kappa shape index (κ3) is 8.70. The van der Waals surface area contributed by atoms with Crippen molar-refractivity contribution < 1.29 is 27.5 Å². The molecular weight excluding hydrogens is 739 g/mol. The number of aryl methyl sites for hydroxylation is 2. The number of carbonyl (C=O) groups is 2. The van der Waals surface area contributed by atoms with E-state index in [1.165, 1.54) is 22.7 Å². The summed E-state index contributed by atoms with van der Waals surface area (Å²) in [5.74, 6) is 5.94. The number of fused-ring (bicyclic) bond motifs is 1. The molecular formula is C38H42Cl2N6O6S. The highest BCUT2D eigenvalue weighted by molar-refractivity contribution is 7.89. The monoisotopic (exact) mass is 780 g/mol. The smallest absolute Gasteiger partial charge is 0.260 e. The average molecular weight is 782 g/mol. The second-order valence-corrected chi connectivity index (χ2v) is 16.0. The lowest BCUT2D eigenvalue weighted by Gasteiger charge is -2.32. The summed E-state index contributed by atoms with van der Waals surface area (Å²) in [5, 5.41) is 7.62. The summed E-state index contributed by atoms with van der Waals surface area (Å²) in [6.45, 7) is 5.38. The van der Waals surface area contributed by atoms with Gasteiger partial charge in [-0.15, -0.1) is 0 Å². The van der Waals surface area contributed by atoms with Crippen molar-refractivity contribution in [1.29, 1.82) is 0 Å². The van der Waals surface area contributed by atoms with Crippen LogP contribution < -0.4 is 20.6 Å². The van der Waals surface area contributed by atoms with Crippen LogP contribution in [0, 0.1) is 19.8 Å². The first kappa shape index (κ1) is 38.3. The maximum atomic E-state index is 14.1. The number of nitrogens with two attached hydrogens (primary N) is 1. The molecule has 0 saturated carbocycles. The second-order valence-electron chi connectivity index (χ2n) is 13.3. The molecule has 3 N–H and O–H groups in total. The van der Waals surface area contributed by atoms with Crippen LogP contribution in [0.15, 0.2) is 70.7 Å². The summed E-state index contributed by atoms with van der Waals surface area (Å²) in [7, 11) is -4.17. The molecule has 3 aromatic carbocycles. The number of hydrazone groups is 1. The Labute approximate surface area is 319 Å². The lowest BCUT2D eigenvalue weighted by molar-refractivity contribution is -0.135. The third-order valence-corrected chi connectivity index (χ3v) is 12.6. The molecule has 0 bridgehead atoms. The Morgan fingerprint density at radius 2 is 1.77 bits per heavy atom. The number of pyridine rings is 1. The molecule has 1 aromatic heterocycles. The number of hydrogen-bond acceptors (Lipinski definition) is 9. The van der Waals surface area contributed by atoms with Crippen LogP contribution in [0.4, 0.5) is 0 Å². The topological polar surface area (TPSA) is 157 Å². The van der Waals surface area contributed by atoms with Gasteiger partial charge in [-0.2, -0.15) is 9.41 Å². The van der Waals surface area contributed by atoms with Crippen molar-refractivity contribution in [2.75, 3.05) is 32.8 Å². The number of nitrogens with zero attached hydrogens (tertiary/aromatic N) is 4. The number of aromatic nitrogens is 1. The molecule has 53 heavy (non-hydrogen) atoms. The molecule has 0 unspecified atom stereocenters. The SMILES string of the molecule is Cc1cc(C)c2cccc(OCc3c(Cl)ccc(S(=O)(=O)N4CCC[C@H]4C(=O)NCC4CCN(C(=O)COc5ccc(C=NN)cc5)CC4)c3Cl)c2n1. The fraction of sp³-hybridized carbons (Fsp3) is 0.368. The van der Waals surface area contributed by atoms with E-state index in [4.69, 9.17) is 38.5 Å². The van der Waals surface area contributed by atoms with Gasteiger partial charge in [0.1, 0.15) is 34.6 Å². The van der Waals surface area contributed by atoms with E-state index in [2.05, 4.69) is 15.4 Å². The lowest BCUT2D eigenvalue weighted by Crippen LogP contribution is -2.48. The molecule has 0 radical (unpaired) electrons. The number of para-hydroxylation sites is 1. The van der Waals surface area contributed by atoms with Gasteiger partial charge in [0.25, 0.3) is 5.91 Å². The van der Waals surface area contributed by atoms with Crippen molar-refractivity contribution in [3.8, 4) is 11.5 Å². The van der Waals surface area contributed by atoms with Crippen molar-refractivity contribution in [2.24, 2.45) is 16.9 Å². The van der Waals surface area contributed by atoms with Crippen LogP contribution in [0.1, 0.15) is 48.1 Å². The Bertz CT molecular complexity index is 2120. The standard InChI is InChI=1S/C38H42Cl2N6O6S/c1-24-19-25(2)44-37-29(24)5-3-7-33(37)52-22-30-31(39)12-13-34(36(30)40)53(49,50)46-16-4-6-32(46)38(48)42-20-27-14-17-45(18-15-27)35(47)23-51-28-10-8-26(9-11-28)21-43-41/h3,5,7-13,19,21,27,32H,4,6,14-18,20,22-23,41H2,1-2H3,(H,42,48)/t32-/m0/s1.